The molecule has 1 aliphatic carbocycles. The van der Waals surface area contributed by atoms with Crippen molar-refractivity contribution in [1.82, 2.24) is 4.98 Å². The van der Waals surface area contributed by atoms with Crippen molar-refractivity contribution >= 4 is 33.1 Å². The summed E-state index contributed by atoms with van der Waals surface area (Å²) < 4.78 is 53.4. The van der Waals surface area contributed by atoms with Gasteiger partial charge in [0.05, 0.1) is 10.8 Å². The number of amidine groups is 1. The highest BCUT2D eigenvalue weighted by Gasteiger charge is 2.63. The van der Waals surface area contributed by atoms with Gasteiger partial charge in [0, 0.05) is 18.2 Å². The maximum absolute atomic E-state index is 14.8. The molecule has 1 aromatic heterocycles. The third-order valence-corrected chi connectivity index (χ3v) is 8.83. The molecule has 4 rings (SSSR count). The minimum absolute atomic E-state index is 0.138. The molecule has 2 aliphatic rings. The normalized spacial score (nSPS) is 23.4. The lowest BCUT2D eigenvalue weighted by Crippen LogP contribution is -2.52. The number of Topliss-reactive ketones (excluding diaryl/α,β-unsaturated/α-hetero) is 1. The van der Waals surface area contributed by atoms with Crippen molar-refractivity contribution in [2.75, 3.05) is 12.4 Å². The lowest BCUT2D eigenvalue weighted by molar-refractivity contribution is 0.0987. The number of hydrogen-bond donors (Lipinski definition) is 1. The van der Waals surface area contributed by atoms with Gasteiger partial charge in [-0.3, -0.25) is 14.8 Å². The van der Waals surface area contributed by atoms with Crippen LogP contribution in [0, 0.1) is 12.7 Å². The number of hydrogen-bond acceptors (Lipinski definition) is 6. The lowest BCUT2D eigenvalue weighted by Gasteiger charge is -2.35. The van der Waals surface area contributed by atoms with Crippen LogP contribution in [-0.4, -0.2) is 42.2 Å². The number of aromatic nitrogens is 1. The standard InChI is InChI=1S/C21H20ClF2N3O3S/c1-12-6-14(22)9-26-18(12)17(28)8-13-2-3-16(24)15(7-13)20(10-23)11-31(29,30)21(4-5-21)19(25)27-20/h2-3,6-7,9H,4-5,8,10-11H2,1H3,(H2,25,27)/t20-/m0/s1. The van der Waals surface area contributed by atoms with Crippen LogP contribution in [0.5, 0.6) is 0 Å². The van der Waals surface area contributed by atoms with Gasteiger partial charge in [-0.1, -0.05) is 17.7 Å². The Morgan fingerprint density at radius 2 is 2.00 bits per heavy atom. The van der Waals surface area contributed by atoms with E-state index in [1.807, 2.05) is 0 Å². The third kappa shape index (κ3) is 3.53. The highest BCUT2D eigenvalue weighted by Crippen LogP contribution is 2.50. The number of nitrogens with two attached hydrogens (primary N) is 1. The second-order valence-corrected chi connectivity index (χ2v) is 10.9. The molecule has 0 bridgehead atoms. The molecule has 1 fully saturated rings. The first-order valence-corrected chi connectivity index (χ1v) is 11.6. The van der Waals surface area contributed by atoms with Gasteiger partial charge in [-0.15, -0.1) is 0 Å². The van der Waals surface area contributed by atoms with Crippen molar-refractivity contribution in [1.29, 1.82) is 0 Å². The highest BCUT2D eigenvalue weighted by molar-refractivity contribution is 7.94. The number of nitrogens with zero attached hydrogens (tertiary/aromatic N) is 2. The van der Waals surface area contributed by atoms with Crippen LogP contribution in [0.2, 0.25) is 5.02 Å². The quantitative estimate of drug-likeness (QED) is 0.681. The second-order valence-electron chi connectivity index (χ2n) is 8.15. The number of carbonyl (C=O) groups excluding carboxylic acids is 1. The molecule has 0 amide bonds. The molecule has 0 unspecified atom stereocenters. The van der Waals surface area contributed by atoms with Crippen LogP contribution < -0.4 is 5.73 Å². The summed E-state index contributed by atoms with van der Waals surface area (Å²) in [5.74, 6) is -2.01. The van der Waals surface area contributed by atoms with Crippen LogP contribution in [0.1, 0.15) is 40.0 Å². The first-order chi connectivity index (χ1) is 14.5. The molecule has 6 nitrogen and oxygen atoms in total. The SMILES string of the molecule is Cc1cc(Cl)cnc1C(=O)Cc1ccc(F)c([C@]2(CF)CS(=O)(=O)C3(CC3)C(N)=N2)c1. The van der Waals surface area contributed by atoms with Crippen LogP contribution in [-0.2, 0) is 21.8 Å². The zero-order chi connectivity index (χ0) is 22.6. The first-order valence-electron chi connectivity index (χ1n) is 9.62. The number of halogens is 3. The Labute approximate surface area is 183 Å². The molecule has 0 saturated heterocycles. The number of carbonyl (C=O) groups is 1. The molecule has 1 aliphatic heterocycles. The molecular formula is C21H20ClF2N3O3S. The number of ketones is 1. The number of rotatable bonds is 5. The predicted octanol–water partition coefficient (Wildman–Crippen LogP) is 3.09. The third-order valence-electron chi connectivity index (χ3n) is 5.96. The lowest BCUT2D eigenvalue weighted by atomic mass is 9.90. The van der Waals surface area contributed by atoms with E-state index >= 15 is 0 Å². The summed E-state index contributed by atoms with van der Waals surface area (Å²) in [5.41, 5.74) is 4.89. The zero-order valence-corrected chi connectivity index (χ0v) is 18.2. The van der Waals surface area contributed by atoms with E-state index in [0.717, 1.165) is 6.07 Å². The molecule has 2 heterocycles. The number of sulfone groups is 1. The molecule has 1 spiro atoms. The van der Waals surface area contributed by atoms with Crippen molar-refractivity contribution in [3.8, 4) is 0 Å². The van der Waals surface area contributed by atoms with Crippen molar-refractivity contribution in [3.63, 3.8) is 0 Å². The molecule has 2 N–H and O–H groups in total. The van der Waals surface area contributed by atoms with Crippen molar-refractivity contribution < 1.29 is 22.0 Å². The highest BCUT2D eigenvalue weighted by atomic mass is 35.5. The minimum atomic E-state index is -3.82. The summed E-state index contributed by atoms with van der Waals surface area (Å²) in [6.45, 7) is 0.452. The Morgan fingerprint density at radius 3 is 2.58 bits per heavy atom. The van der Waals surface area contributed by atoms with E-state index in [4.69, 9.17) is 17.3 Å². The van der Waals surface area contributed by atoms with Gasteiger partial charge in [-0.25, -0.2) is 17.2 Å². The van der Waals surface area contributed by atoms with Gasteiger partial charge in [-0.2, -0.15) is 0 Å². The first kappa shape index (κ1) is 21.8. The molecule has 2 aromatic rings. The fourth-order valence-electron chi connectivity index (χ4n) is 4.08. The average molecular weight is 468 g/mol. The molecule has 0 radical (unpaired) electrons. The van der Waals surface area contributed by atoms with Crippen LogP contribution in [0.15, 0.2) is 35.5 Å². The number of aryl methyl sites for hydroxylation is 1. The van der Waals surface area contributed by atoms with E-state index in [2.05, 4.69) is 9.98 Å². The molecule has 1 aromatic carbocycles. The fourth-order valence-corrected chi connectivity index (χ4v) is 6.58. The van der Waals surface area contributed by atoms with Gasteiger partial charge in [0.2, 0.25) is 0 Å². The number of pyridine rings is 1. The van der Waals surface area contributed by atoms with Crippen molar-refractivity contribution in [3.05, 3.63) is 63.7 Å². The molecular weight excluding hydrogens is 448 g/mol. The number of benzene rings is 1. The summed E-state index contributed by atoms with van der Waals surface area (Å²) in [4.78, 5) is 20.9. The Hall–Kier alpha value is -2.39. The number of aliphatic imine (C=N–C) groups is 1. The van der Waals surface area contributed by atoms with E-state index in [1.54, 1.807) is 13.0 Å². The molecule has 1 atom stereocenters. The average Bonchev–Trinajstić information content (AvgIpc) is 3.50. The largest absolute Gasteiger partial charge is 0.386 e. The minimum Gasteiger partial charge on any atom is -0.386 e. The smallest absolute Gasteiger partial charge is 0.185 e. The van der Waals surface area contributed by atoms with Gasteiger partial charge >= 0.3 is 0 Å². The maximum Gasteiger partial charge on any atom is 0.185 e. The maximum atomic E-state index is 14.8. The van der Waals surface area contributed by atoms with Crippen molar-refractivity contribution in [2.24, 2.45) is 10.7 Å². The van der Waals surface area contributed by atoms with Gasteiger partial charge in [0.1, 0.15) is 34.3 Å². The Bertz CT molecular complexity index is 1230. The summed E-state index contributed by atoms with van der Waals surface area (Å²) in [6.07, 6.45) is 1.88. The summed E-state index contributed by atoms with van der Waals surface area (Å²) >= 11 is 5.87. The van der Waals surface area contributed by atoms with Crippen LogP contribution >= 0.6 is 11.6 Å². The van der Waals surface area contributed by atoms with Gasteiger partial charge in [0.15, 0.2) is 15.6 Å². The Balaban J connectivity index is 1.72. The van der Waals surface area contributed by atoms with Crippen LogP contribution in [0.25, 0.3) is 0 Å². The zero-order valence-electron chi connectivity index (χ0n) is 16.7. The Kier molecular flexibility index (Phi) is 5.17. The van der Waals surface area contributed by atoms with Gasteiger partial charge in [-0.05, 0) is 49.1 Å². The topological polar surface area (TPSA) is 102 Å². The van der Waals surface area contributed by atoms with E-state index in [9.17, 15) is 22.0 Å². The summed E-state index contributed by atoms with van der Waals surface area (Å²) in [6, 6.07) is 5.36. The van der Waals surface area contributed by atoms with Crippen LogP contribution in [0.3, 0.4) is 0 Å². The molecule has 31 heavy (non-hydrogen) atoms. The Morgan fingerprint density at radius 1 is 1.29 bits per heavy atom. The number of alkyl halides is 1. The summed E-state index contributed by atoms with van der Waals surface area (Å²) in [5, 5.41) is 0.394. The van der Waals surface area contributed by atoms with E-state index in [-0.39, 0.29) is 29.3 Å². The monoisotopic (exact) mass is 467 g/mol. The fraction of sp³-hybridized carbons (Fsp3) is 0.381. The van der Waals surface area contributed by atoms with Crippen molar-refractivity contribution in [2.45, 2.75) is 36.5 Å². The van der Waals surface area contributed by atoms with E-state index in [0.29, 0.717) is 29.0 Å². The van der Waals surface area contributed by atoms with E-state index < -0.39 is 38.4 Å². The van der Waals surface area contributed by atoms with Crippen LogP contribution in [0.4, 0.5) is 8.78 Å². The molecule has 164 valence electrons. The molecule has 1 saturated carbocycles. The van der Waals surface area contributed by atoms with Gasteiger partial charge < -0.3 is 5.73 Å². The predicted molar refractivity (Wildman–Crippen MR) is 113 cm³/mol. The van der Waals surface area contributed by atoms with Gasteiger partial charge in [0.25, 0.3) is 0 Å². The second kappa shape index (κ2) is 7.34. The summed E-state index contributed by atoms with van der Waals surface area (Å²) in [7, 11) is -3.82. The molecule has 10 heteroatoms. The van der Waals surface area contributed by atoms with E-state index in [1.165, 1.54) is 18.3 Å².